The number of carboxylic acid groups (broad SMARTS) is 1. The molecule has 0 spiro atoms. The number of aliphatic hydroxyl groups excluding tert-OH is 1. The normalized spacial score (nSPS) is 21.2. The first-order valence-corrected chi connectivity index (χ1v) is 8.27. The van der Waals surface area contributed by atoms with Crippen LogP contribution >= 0.6 is 0 Å². The van der Waals surface area contributed by atoms with Gasteiger partial charge in [0.15, 0.2) is 0 Å². The van der Waals surface area contributed by atoms with Crippen LogP contribution in [0.2, 0.25) is 0 Å². The van der Waals surface area contributed by atoms with E-state index in [4.69, 9.17) is 9.84 Å². The van der Waals surface area contributed by atoms with Crippen molar-refractivity contribution in [2.24, 2.45) is 5.92 Å². The molecule has 1 fully saturated rings. The van der Waals surface area contributed by atoms with E-state index in [1.165, 1.54) is 24.3 Å². The lowest BCUT2D eigenvalue weighted by Crippen LogP contribution is -2.46. The molecule has 0 radical (unpaired) electrons. The highest BCUT2D eigenvalue weighted by Gasteiger charge is 2.26. The van der Waals surface area contributed by atoms with E-state index in [0.29, 0.717) is 31.4 Å². The zero-order valence-electron chi connectivity index (χ0n) is 13.8. The van der Waals surface area contributed by atoms with Crippen molar-refractivity contribution in [1.82, 2.24) is 10.6 Å². The van der Waals surface area contributed by atoms with Gasteiger partial charge in [-0.05, 0) is 49.9 Å². The number of nitrogens with one attached hydrogen (secondary N) is 2. The maximum absolute atomic E-state index is 12.8. The molecular formula is C17H23FN2O5. The molecule has 1 unspecified atom stereocenters. The van der Waals surface area contributed by atoms with Crippen LogP contribution < -0.4 is 15.4 Å². The van der Waals surface area contributed by atoms with Gasteiger partial charge >= 0.3 is 12.0 Å². The lowest BCUT2D eigenvalue weighted by atomic mass is 9.86. The zero-order valence-corrected chi connectivity index (χ0v) is 13.8. The smallest absolute Gasteiger partial charge is 0.315 e. The van der Waals surface area contributed by atoms with Gasteiger partial charge in [0.1, 0.15) is 24.3 Å². The lowest BCUT2D eigenvalue weighted by molar-refractivity contribution is -0.142. The summed E-state index contributed by atoms with van der Waals surface area (Å²) in [6.07, 6.45) is 1.45. The third-order valence-electron chi connectivity index (χ3n) is 4.17. The van der Waals surface area contributed by atoms with Crippen molar-refractivity contribution in [2.45, 2.75) is 37.8 Å². The summed E-state index contributed by atoms with van der Waals surface area (Å²) >= 11 is 0. The predicted octanol–water partition coefficient (Wildman–Crippen LogP) is 1.51. The quantitative estimate of drug-likeness (QED) is 0.594. The summed E-state index contributed by atoms with van der Waals surface area (Å²) in [5, 5.41) is 24.1. The van der Waals surface area contributed by atoms with Gasteiger partial charge in [0.05, 0.1) is 5.92 Å². The lowest BCUT2D eigenvalue weighted by Gasteiger charge is -2.27. The fourth-order valence-electron chi connectivity index (χ4n) is 2.71. The van der Waals surface area contributed by atoms with E-state index in [1.807, 2.05) is 0 Å². The Balaban J connectivity index is 1.61. The third kappa shape index (κ3) is 6.58. The highest BCUT2D eigenvalue weighted by Crippen LogP contribution is 2.24. The summed E-state index contributed by atoms with van der Waals surface area (Å²) in [4.78, 5) is 22.7. The van der Waals surface area contributed by atoms with Gasteiger partial charge in [0.2, 0.25) is 0 Å². The Hall–Kier alpha value is -2.35. The average Bonchev–Trinajstić information content (AvgIpc) is 2.60. The topological polar surface area (TPSA) is 108 Å². The number of urea groups is 1. The third-order valence-corrected chi connectivity index (χ3v) is 4.17. The number of hydrogen-bond donors (Lipinski definition) is 4. The SMILES string of the molecule is O=C(NCC(O)COc1ccc(F)cc1)NC1CCC(C(=O)O)CC1. The molecule has 4 N–H and O–H groups in total. The summed E-state index contributed by atoms with van der Waals surface area (Å²) in [6.45, 7) is -0.0207. The van der Waals surface area contributed by atoms with E-state index >= 15 is 0 Å². The van der Waals surface area contributed by atoms with Gasteiger partial charge in [-0.3, -0.25) is 4.79 Å². The van der Waals surface area contributed by atoms with Crippen molar-refractivity contribution < 1.29 is 28.9 Å². The fourth-order valence-corrected chi connectivity index (χ4v) is 2.71. The molecule has 2 amide bonds. The summed E-state index contributed by atoms with van der Waals surface area (Å²) in [5.41, 5.74) is 0. The molecule has 7 nitrogen and oxygen atoms in total. The number of ether oxygens (including phenoxy) is 1. The van der Waals surface area contributed by atoms with Crippen molar-refractivity contribution in [3.8, 4) is 5.75 Å². The molecule has 0 aliphatic heterocycles. The molecule has 138 valence electrons. The first kappa shape index (κ1) is 19.0. The molecule has 1 aliphatic carbocycles. The maximum atomic E-state index is 12.8. The van der Waals surface area contributed by atoms with Crippen LogP contribution in [-0.2, 0) is 4.79 Å². The number of amides is 2. The number of carboxylic acids is 1. The molecule has 1 aromatic rings. The van der Waals surface area contributed by atoms with Crippen molar-refractivity contribution in [3.63, 3.8) is 0 Å². The van der Waals surface area contributed by atoms with E-state index in [9.17, 15) is 19.1 Å². The van der Waals surface area contributed by atoms with Crippen LogP contribution in [0.3, 0.4) is 0 Å². The minimum Gasteiger partial charge on any atom is -0.491 e. The molecule has 0 bridgehead atoms. The van der Waals surface area contributed by atoms with Crippen LogP contribution in [0.5, 0.6) is 5.75 Å². The van der Waals surface area contributed by atoms with Gasteiger partial charge in [0.25, 0.3) is 0 Å². The van der Waals surface area contributed by atoms with E-state index in [1.54, 1.807) is 0 Å². The van der Waals surface area contributed by atoms with Crippen LogP contribution in [-0.4, -0.2) is 47.5 Å². The Morgan fingerprint density at radius 1 is 1.20 bits per heavy atom. The molecule has 1 saturated carbocycles. The number of aliphatic carboxylic acids is 1. The maximum Gasteiger partial charge on any atom is 0.315 e. The van der Waals surface area contributed by atoms with Gasteiger partial charge in [-0.1, -0.05) is 0 Å². The minimum atomic E-state index is -0.904. The first-order chi connectivity index (χ1) is 11.9. The van der Waals surface area contributed by atoms with Gasteiger partial charge < -0.3 is 25.6 Å². The molecule has 0 saturated heterocycles. The number of hydrogen-bond acceptors (Lipinski definition) is 4. The Bertz CT molecular complexity index is 573. The standard InChI is InChI=1S/C17H23FN2O5/c18-12-3-7-15(8-4-12)25-10-14(21)9-19-17(24)20-13-5-1-11(2-6-13)16(22)23/h3-4,7-8,11,13-14,21H,1-2,5-6,9-10H2,(H,22,23)(H2,19,20,24). The number of rotatable bonds is 7. The molecule has 8 heteroatoms. The van der Waals surface area contributed by atoms with Crippen molar-refractivity contribution in [1.29, 1.82) is 0 Å². The molecule has 1 atom stereocenters. The molecule has 0 aromatic heterocycles. The number of benzene rings is 1. The van der Waals surface area contributed by atoms with Gasteiger partial charge in [-0.15, -0.1) is 0 Å². The molecule has 1 aliphatic rings. The number of carbonyl (C=O) groups excluding carboxylic acids is 1. The van der Waals surface area contributed by atoms with E-state index in [2.05, 4.69) is 10.6 Å². The molecule has 2 rings (SSSR count). The number of carbonyl (C=O) groups is 2. The average molecular weight is 354 g/mol. The number of aliphatic hydroxyl groups is 1. The predicted molar refractivity (Wildman–Crippen MR) is 87.8 cm³/mol. The molecular weight excluding hydrogens is 331 g/mol. The van der Waals surface area contributed by atoms with Crippen molar-refractivity contribution in [3.05, 3.63) is 30.1 Å². The highest BCUT2D eigenvalue weighted by molar-refractivity contribution is 5.74. The van der Waals surface area contributed by atoms with E-state index in [-0.39, 0.29) is 30.9 Å². The van der Waals surface area contributed by atoms with Crippen LogP contribution in [0.4, 0.5) is 9.18 Å². The van der Waals surface area contributed by atoms with Crippen LogP contribution in [0, 0.1) is 11.7 Å². The monoisotopic (exact) mass is 354 g/mol. The Labute approximate surface area is 145 Å². The zero-order chi connectivity index (χ0) is 18.2. The second kappa shape index (κ2) is 9.22. The van der Waals surface area contributed by atoms with Gasteiger partial charge in [0, 0.05) is 12.6 Å². The Morgan fingerprint density at radius 3 is 2.44 bits per heavy atom. The summed E-state index contributed by atoms with van der Waals surface area (Å²) in [5.74, 6) is -1.05. The number of halogens is 1. The minimum absolute atomic E-state index is 0.0114. The molecule has 25 heavy (non-hydrogen) atoms. The van der Waals surface area contributed by atoms with Crippen LogP contribution in [0.1, 0.15) is 25.7 Å². The summed E-state index contributed by atoms with van der Waals surface area (Å²) in [6, 6.07) is 4.97. The largest absolute Gasteiger partial charge is 0.491 e. The van der Waals surface area contributed by atoms with E-state index < -0.39 is 18.1 Å². The van der Waals surface area contributed by atoms with Crippen LogP contribution in [0.25, 0.3) is 0 Å². The van der Waals surface area contributed by atoms with E-state index in [0.717, 1.165) is 0 Å². The molecule has 0 heterocycles. The Kier molecular flexibility index (Phi) is 7.00. The van der Waals surface area contributed by atoms with Crippen molar-refractivity contribution in [2.75, 3.05) is 13.2 Å². The first-order valence-electron chi connectivity index (χ1n) is 8.27. The summed E-state index contributed by atoms with van der Waals surface area (Å²) < 4.78 is 18.1. The fraction of sp³-hybridized carbons (Fsp3) is 0.529. The second-order valence-electron chi connectivity index (χ2n) is 6.16. The van der Waals surface area contributed by atoms with Crippen LogP contribution in [0.15, 0.2) is 24.3 Å². The van der Waals surface area contributed by atoms with Gasteiger partial charge in [-0.2, -0.15) is 0 Å². The van der Waals surface area contributed by atoms with Gasteiger partial charge in [-0.25, -0.2) is 9.18 Å². The Morgan fingerprint density at radius 2 is 1.84 bits per heavy atom. The molecule has 1 aromatic carbocycles. The second-order valence-corrected chi connectivity index (χ2v) is 6.16. The van der Waals surface area contributed by atoms with Crippen molar-refractivity contribution >= 4 is 12.0 Å². The highest BCUT2D eigenvalue weighted by atomic mass is 19.1. The summed E-state index contributed by atoms with van der Waals surface area (Å²) in [7, 11) is 0.